The highest BCUT2D eigenvalue weighted by atomic mass is 79.9. The third-order valence-corrected chi connectivity index (χ3v) is 7.32. The lowest BCUT2D eigenvalue weighted by Gasteiger charge is -2.56. The summed E-state index contributed by atoms with van der Waals surface area (Å²) in [6, 6.07) is 2.57. The standard InChI is InChI=1S/C19H22BrNO3/c1-21-6-5-19-12-3-4-14(22)18(19)24-17-15(23-2)7-10(9-20)11(16(17)19)8-13(12)21/h3-4,7,12-14,18,22H,5-6,8-9H2,1-2H3/t12-,13+,14-,18-,19-/m0/s1. The van der Waals surface area contributed by atoms with E-state index < -0.39 is 6.10 Å². The first-order valence-corrected chi connectivity index (χ1v) is 9.76. The smallest absolute Gasteiger partial charge is 0.166 e. The number of piperidine rings is 1. The molecule has 5 heteroatoms. The van der Waals surface area contributed by atoms with Crippen molar-refractivity contribution < 1.29 is 14.6 Å². The summed E-state index contributed by atoms with van der Waals surface area (Å²) in [4.78, 5) is 2.48. The number of hydrogen-bond donors (Lipinski definition) is 1. The van der Waals surface area contributed by atoms with Crippen molar-refractivity contribution >= 4 is 15.9 Å². The Morgan fingerprint density at radius 1 is 1.46 bits per heavy atom. The lowest BCUT2D eigenvalue weighted by atomic mass is 9.53. The largest absolute Gasteiger partial charge is 0.493 e. The molecule has 0 aromatic heterocycles. The molecule has 1 aromatic carbocycles. The molecule has 0 radical (unpaired) electrons. The molecule has 2 heterocycles. The van der Waals surface area contributed by atoms with Crippen LogP contribution < -0.4 is 9.47 Å². The number of hydrogen-bond acceptors (Lipinski definition) is 4. The molecule has 4 aliphatic rings. The summed E-state index contributed by atoms with van der Waals surface area (Å²) in [6.45, 7) is 1.04. The fraction of sp³-hybridized carbons (Fsp3) is 0.579. The second-order valence-electron chi connectivity index (χ2n) is 7.54. The maximum atomic E-state index is 10.7. The third kappa shape index (κ3) is 1.61. The molecule has 1 saturated heterocycles. The molecule has 1 N–H and O–H groups in total. The van der Waals surface area contributed by atoms with Gasteiger partial charge in [-0.3, -0.25) is 0 Å². The van der Waals surface area contributed by atoms with Gasteiger partial charge in [-0.25, -0.2) is 0 Å². The highest BCUT2D eigenvalue weighted by molar-refractivity contribution is 9.08. The van der Waals surface area contributed by atoms with Crippen molar-refractivity contribution in [3.8, 4) is 11.5 Å². The van der Waals surface area contributed by atoms with Crippen LogP contribution in [0, 0.1) is 5.92 Å². The Morgan fingerprint density at radius 2 is 2.29 bits per heavy atom. The van der Waals surface area contributed by atoms with Crippen LogP contribution in [0.3, 0.4) is 0 Å². The number of methoxy groups -OCH3 is 1. The number of benzene rings is 1. The van der Waals surface area contributed by atoms with Crippen molar-refractivity contribution in [3.63, 3.8) is 0 Å². The van der Waals surface area contributed by atoms with Crippen LogP contribution in [-0.4, -0.2) is 49.0 Å². The zero-order chi connectivity index (χ0) is 16.6. The third-order valence-electron chi connectivity index (χ3n) is 6.72. The summed E-state index contributed by atoms with van der Waals surface area (Å²) < 4.78 is 12.0. The molecule has 0 amide bonds. The van der Waals surface area contributed by atoms with Gasteiger partial charge in [-0.1, -0.05) is 28.1 Å². The van der Waals surface area contributed by atoms with Crippen LogP contribution in [-0.2, 0) is 17.2 Å². The molecule has 5 atom stereocenters. The van der Waals surface area contributed by atoms with Gasteiger partial charge in [0.15, 0.2) is 11.5 Å². The summed E-state index contributed by atoms with van der Waals surface area (Å²) in [5.74, 6) is 2.07. The molecule has 1 spiro atoms. The molecule has 2 aliphatic heterocycles. The van der Waals surface area contributed by atoms with Crippen molar-refractivity contribution in [1.82, 2.24) is 4.90 Å². The number of rotatable bonds is 2. The van der Waals surface area contributed by atoms with E-state index in [9.17, 15) is 5.11 Å². The fourth-order valence-electron chi connectivity index (χ4n) is 5.66. The fourth-order valence-corrected chi connectivity index (χ4v) is 6.16. The lowest BCUT2D eigenvalue weighted by molar-refractivity contribution is -0.0454. The number of likely N-dealkylation sites (tertiary alicyclic amines) is 1. The van der Waals surface area contributed by atoms with E-state index in [-0.39, 0.29) is 11.5 Å². The second kappa shape index (κ2) is 4.99. The number of aliphatic hydroxyl groups excluding tert-OH is 1. The predicted octanol–water partition coefficient (Wildman–Crippen LogP) is 2.40. The van der Waals surface area contributed by atoms with Gasteiger partial charge >= 0.3 is 0 Å². The maximum Gasteiger partial charge on any atom is 0.166 e. The Labute approximate surface area is 150 Å². The quantitative estimate of drug-likeness (QED) is 0.620. The number of halogens is 1. The Morgan fingerprint density at radius 3 is 3.04 bits per heavy atom. The second-order valence-corrected chi connectivity index (χ2v) is 8.10. The lowest BCUT2D eigenvalue weighted by Crippen LogP contribution is -2.64. The number of ether oxygens (including phenoxy) is 2. The van der Waals surface area contributed by atoms with Crippen molar-refractivity contribution in [2.45, 2.75) is 41.8 Å². The van der Waals surface area contributed by atoms with Crippen LogP contribution in [0.25, 0.3) is 0 Å². The summed E-state index contributed by atoms with van der Waals surface area (Å²) in [6.07, 6.45) is 5.49. The predicted molar refractivity (Wildman–Crippen MR) is 95.1 cm³/mol. The SMILES string of the molecule is COc1cc(CBr)c2c3c1O[C@H]1[C@@H](O)C=C[C@H]4[C@@H](C2)N(C)CC[C@@]341. The molecule has 2 aliphatic carbocycles. The Hall–Kier alpha value is -1.04. The molecule has 0 saturated carbocycles. The van der Waals surface area contributed by atoms with E-state index in [1.807, 2.05) is 6.08 Å². The van der Waals surface area contributed by atoms with Gasteiger partial charge in [-0.05, 0) is 43.6 Å². The average Bonchev–Trinajstić information content (AvgIpc) is 2.94. The first kappa shape index (κ1) is 15.2. The molecule has 128 valence electrons. The molecule has 5 rings (SSSR count). The van der Waals surface area contributed by atoms with Gasteiger partial charge in [-0.2, -0.15) is 0 Å². The minimum Gasteiger partial charge on any atom is -0.493 e. The van der Waals surface area contributed by atoms with Crippen LogP contribution in [0.1, 0.15) is 23.1 Å². The molecular weight excluding hydrogens is 370 g/mol. The molecular formula is C19H22BrNO3. The van der Waals surface area contributed by atoms with E-state index >= 15 is 0 Å². The van der Waals surface area contributed by atoms with Crippen molar-refractivity contribution in [1.29, 1.82) is 0 Å². The average molecular weight is 392 g/mol. The number of likely N-dealkylation sites (N-methyl/N-ethyl adjacent to an activating group) is 1. The maximum absolute atomic E-state index is 10.7. The van der Waals surface area contributed by atoms with Crippen LogP contribution >= 0.6 is 15.9 Å². The van der Waals surface area contributed by atoms with Gasteiger partial charge in [0.25, 0.3) is 0 Å². The topological polar surface area (TPSA) is 41.9 Å². The van der Waals surface area contributed by atoms with Crippen molar-refractivity contribution in [2.24, 2.45) is 5.92 Å². The van der Waals surface area contributed by atoms with Crippen LogP contribution in [0.5, 0.6) is 11.5 Å². The highest BCUT2D eigenvalue weighted by Crippen LogP contribution is 2.63. The summed E-state index contributed by atoms with van der Waals surface area (Å²) >= 11 is 3.66. The molecule has 24 heavy (non-hydrogen) atoms. The summed E-state index contributed by atoms with van der Waals surface area (Å²) in [5, 5.41) is 11.5. The van der Waals surface area contributed by atoms with E-state index in [0.717, 1.165) is 36.2 Å². The monoisotopic (exact) mass is 391 g/mol. The first-order valence-electron chi connectivity index (χ1n) is 8.64. The van der Waals surface area contributed by atoms with E-state index in [1.165, 1.54) is 16.7 Å². The van der Waals surface area contributed by atoms with Crippen molar-refractivity contribution in [2.75, 3.05) is 20.7 Å². The molecule has 1 fully saturated rings. The van der Waals surface area contributed by atoms with Crippen LogP contribution in [0.2, 0.25) is 0 Å². The minimum atomic E-state index is -0.555. The van der Waals surface area contributed by atoms with E-state index in [2.05, 4.69) is 40.0 Å². The van der Waals surface area contributed by atoms with Crippen LogP contribution in [0.15, 0.2) is 18.2 Å². The Balaban J connectivity index is 1.85. The normalized spacial score (nSPS) is 38.7. The van der Waals surface area contributed by atoms with Gasteiger partial charge in [0.05, 0.1) is 7.11 Å². The van der Waals surface area contributed by atoms with E-state index in [4.69, 9.17) is 9.47 Å². The highest BCUT2D eigenvalue weighted by Gasteiger charge is 2.64. The minimum absolute atomic E-state index is 0.111. The van der Waals surface area contributed by atoms with Gasteiger partial charge in [0.2, 0.25) is 0 Å². The van der Waals surface area contributed by atoms with Gasteiger partial charge in [0, 0.05) is 28.3 Å². The molecule has 4 nitrogen and oxygen atoms in total. The summed E-state index contributed by atoms with van der Waals surface area (Å²) in [5.41, 5.74) is 3.90. The first-order chi connectivity index (χ1) is 11.6. The van der Waals surface area contributed by atoms with Crippen LogP contribution in [0.4, 0.5) is 0 Å². The van der Waals surface area contributed by atoms with Crippen molar-refractivity contribution in [3.05, 3.63) is 34.9 Å². The van der Waals surface area contributed by atoms with E-state index in [0.29, 0.717) is 12.0 Å². The molecule has 2 bridgehead atoms. The Bertz CT molecular complexity index is 749. The van der Waals surface area contributed by atoms with Gasteiger partial charge in [0.1, 0.15) is 12.2 Å². The van der Waals surface area contributed by atoms with E-state index in [1.54, 1.807) is 7.11 Å². The number of alkyl halides is 1. The zero-order valence-electron chi connectivity index (χ0n) is 14.0. The zero-order valence-corrected chi connectivity index (χ0v) is 15.5. The molecule has 1 aromatic rings. The van der Waals surface area contributed by atoms with Gasteiger partial charge in [-0.15, -0.1) is 0 Å². The molecule has 0 unspecified atom stereocenters. The number of aliphatic hydroxyl groups is 1. The summed E-state index contributed by atoms with van der Waals surface area (Å²) in [7, 11) is 3.93. The Kier molecular flexibility index (Phi) is 3.17. The van der Waals surface area contributed by atoms with Gasteiger partial charge < -0.3 is 19.5 Å². The number of nitrogens with zero attached hydrogens (tertiary/aromatic N) is 1.